The predicted molar refractivity (Wildman–Crippen MR) is 121 cm³/mol. The number of anilines is 1. The van der Waals surface area contributed by atoms with Gasteiger partial charge in [-0.3, -0.25) is 14.4 Å². The molecule has 1 fully saturated rings. The zero-order valence-corrected chi connectivity index (χ0v) is 17.7. The number of carbonyl (C=O) groups excluding carboxylic acids is 3. The topological polar surface area (TPSA) is 96.3 Å². The molecule has 0 aliphatic carbocycles. The van der Waals surface area contributed by atoms with Gasteiger partial charge in [-0.05, 0) is 60.9 Å². The SMILES string of the molecule is O=C(CNC(=O)c1ccc(N2CCCC2=O)cc1)NCCc1ccc(-n2cccn2)cc1. The van der Waals surface area contributed by atoms with Crippen molar-refractivity contribution in [1.82, 2.24) is 20.4 Å². The maximum Gasteiger partial charge on any atom is 0.251 e. The first-order valence-corrected chi connectivity index (χ1v) is 10.6. The Bertz CT molecular complexity index is 1080. The fraction of sp³-hybridized carbons (Fsp3) is 0.250. The summed E-state index contributed by atoms with van der Waals surface area (Å²) in [4.78, 5) is 37.9. The van der Waals surface area contributed by atoms with E-state index in [1.165, 1.54) is 0 Å². The molecule has 3 amide bonds. The van der Waals surface area contributed by atoms with Crippen LogP contribution in [0.15, 0.2) is 67.0 Å². The highest BCUT2D eigenvalue weighted by Crippen LogP contribution is 2.21. The van der Waals surface area contributed by atoms with Crippen molar-refractivity contribution in [3.63, 3.8) is 0 Å². The quantitative estimate of drug-likeness (QED) is 0.571. The molecule has 8 nitrogen and oxygen atoms in total. The van der Waals surface area contributed by atoms with E-state index in [1.807, 2.05) is 36.5 Å². The number of hydrogen-bond acceptors (Lipinski definition) is 4. The van der Waals surface area contributed by atoms with Crippen LogP contribution >= 0.6 is 0 Å². The summed E-state index contributed by atoms with van der Waals surface area (Å²) in [6, 6.07) is 16.7. The van der Waals surface area contributed by atoms with Gasteiger partial charge in [-0.25, -0.2) is 4.68 Å². The highest BCUT2D eigenvalue weighted by molar-refractivity contribution is 5.98. The van der Waals surface area contributed by atoms with E-state index in [0.29, 0.717) is 31.5 Å². The average molecular weight is 431 g/mol. The van der Waals surface area contributed by atoms with Gasteiger partial charge in [-0.1, -0.05) is 12.1 Å². The summed E-state index contributed by atoms with van der Waals surface area (Å²) in [6.07, 6.45) is 5.72. The van der Waals surface area contributed by atoms with Crippen LogP contribution in [0.3, 0.4) is 0 Å². The molecule has 1 aromatic heterocycles. The minimum absolute atomic E-state index is 0.0938. The lowest BCUT2D eigenvalue weighted by molar-refractivity contribution is -0.120. The second kappa shape index (κ2) is 9.91. The molecule has 3 aromatic rings. The van der Waals surface area contributed by atoms with Crippen LogP contribution in [0.4, 0.5) is 5.69 Å². The molecule has 0 atom stereocenters. The molecule has 1 aliphatic rings. The Morgan fingerprint density at radius 3 is 2.38 bits per heavy atom. The number of rotatable bonds is 8. The third-order valence-electron chi connectivity index (χ3n) is 5.37. The normalized spacial score (nSPS) is 13.2. The number of benzene rings is 2. The summed E-state index contributed by atoms with van der Waals surface area (Å²) in [6.45, 7) is 1.09. The number of nitrogens with zero attached hydrogens (tertiary/aromatic N) is 3. The van der Waals surface area contributed by atoms with Gasteiger partial charge in [-0.2, -0.15) is 5.10 Å². The molecule has 164 valence electrons. The monoisotopic (exact) mass is 431 g/mol. The fourth-order valence-corrected chi connectivity index (χ4v) is 3.62. The van der Waals surface area contributed by atoms with Crippen LogP contribution in [0.25, 0.3) is 5.69 Å². The predicted octanol–water partition coefficient (Wildman–Crippen LogP) is 2.09. The van der Waals surface area contributed by atoms with Gasteiger partial charge < -0.3 is 15.5 Å². The third kappa shape index (κ3) is 5.21. The van der Waals surface area contributed by atoms with Crippen molar-refractivity contribution < 1.29 is 14.4 Å². The van der Waals surface area contributed by atoms with E-state index >= 15 is 0 Å². The van der Waals surface area contributed by atoms with E-state index in [2.05, 4.69) is 15.7 Å². The minimum Gasteiger partial charge on any atom is -0.354 e. The molecule has 2 aromatic carbocycles. The fourth-order valence-electron chi connectivity index (χ4n) is 3.62. The summed E-state index contributed by atoms with van der Waals surface area (Å²) in [5, 5.41) is 9.64. The van der Waals surface area contributed by atoms with Crippen LogP contribution in [0.5, 0.6) is 0 Å². The lowest BCUT2D eigenvalue weighted by atomic mass is 10.1. The van der Waals surface area contributed by atoms with Crippen molar-refractivity contribution >= 4 is 23.4 Å². The van der Waals surface area contributed by atoms with Crippen molar-refractivity contribution in [2.24, 2.45) is 0 Å². The van der Waals surface area contributed by atoms with Crippen molar-refractivity contribution in [3.05, 3.63) is 78.1 Å². The standard InChI is InChI=1S/C24H25N5O3/c30-22(25-14-12-18-4-8-21(9-5-18)29-16-2-13-27-29)17-26-24(32)19-6-10-20(11-7-19)28-15-1-3-23(28)31/h2,4-11,13,16H,1,3,12,14-15,17H2,(H,25,30)(H,26,32). The van der Waals surface area contributed by atoms with Gasteiger partial charge >= 0.3 is 0 Å². The van der Waals surface area contributed by atoms with Gasteiger partial charge in [0.15, 0.2) is 0 Å². The first-order valence-electron chi connectivity index (χ1n) is 10.6. The molecular formula is C24H25N5O3. The third-order valence-corrected chi connectivity index (χ3v) is 5.37. The van der Waals surface area contributed by atoms with Crippen molar-refractivity contribution in [1.29, 1.82) is 0 Å². The lowest BCUT2D eigenvalue weighted by Gasteiger charge is -2.15. The molecule has 2 N–H and O–H groups in total. The molecule has 1 saturated heterocycles. The van der Waals surface area contributed by atoms with Crippen molar-refractivity contribution in [3.8, 4) is 5.69 Å². The maximum atomic E-state index is 12.3. The highest BCUT2D eigenvalue weighted by atomic mass is 16.2. The zero-order valence-electron chi connectivity index (χ0n) is 17.7. The van der Waals surface area contributed by atoms with Crippen LogP contribution in [-0.2, 0) is 16.0 Å². The van der Waals surface area contributed by atoms with Gasteiger partial charge in [0.25, 0.3) is 5.91 Å². The number of amides is 3. The van der Waals surface area contributed by atoms with Gasteiger partial charge in [-0.15, -0.1) is 0 Å². The summed E-state index contributed by atoms with van der Waals surface area (Å²) in [5.41, 5.74) is 3.32. The first-order chi connectivity index (χ1) is 15.6. The summed E-state index contributed by atoms with van der Waals surface area (Å²) in [7, 11) is 0. The van der Waals surface area contributed by atoms with Gasteiger partial charge in [0.1, 0.15) is 0 Å². The molecule has 32 heavy (non-hydrogen) atoms. The van der Waals surface area contributed by atoms with E-state index in [-0.39, 0.29) is 24.3 Å². The van der Waals surface area contributed by atoms with Gasteiger partial charge in [0.05, 0.1) is 12.2 Å². The molecule has 0 bridgehead atoms. The van der Waals surface area contributed by atoms with Crippen LogP contribution in [0.2, 0.25) is 0 Å². The number of aromatic nitrogens is 2. The maximum absolute atomic E-state index is 12.3. The first kappa shape index (κ1) is 21.3. The van der Waals surface area contributed by atoms with E-state index in [1.54, 1.807) is 40.0 Å². The largest absolute Gasteiger partial charge is 0.354 e. The molecule has 0 radical (unpaired) electrons. The Morgan fingerprint density at radius 2 is 1.72 bits per heavy atom. The van der Waals surface area contributed by atoms with Crippen LogP contribution in [0, 0.1) is 0 Å². The molecular weight excluding hydrogens is 406 g/mol. The minimum atomic E-state index is -0.325. The summed E-state index contributed by atoms with van der Waals surface area (Å²) in [5.74, 6) is -0.466. The molecule has 0 spiro atoms. The van der Waals surface area contributed by atoms with Crippen molar-refractivity contribution in [2.45, 2.75) is 19.3 Å². The molecule has 0 saturated carbocycles. The Balaban J connectivity index is 1.18. The summed E-state index contributed by atoms with van der Waals surface area (Å²) >= 11 is 0. The number of carbonyl (C=O) groups is 3. The molecule has 8 heteroatoms. The van der Waals surface area contributed by atoms with Crippen LogP contribution < -0.4 is 15.5 Å². The second-order valence-corrected chi connectivity index (χ2v) is 7.60. The van der Waals surface area contributed by atoms with E-state index in [4.69, 9.17) is 0 Å². The van der Waals surface area contributed by atoms with Crippen LogP contribution in [-0.4, -0.2) is 47.1 Å². The van der Waals surface area contributed by atoms with Gasteiger partial charge in [0, 0.05) is 43.2 Å². The van der Waals surface area contributed by atoms with E-state index < -0.39 is 0 Å². The summed E-state index contributed by atoms with van der Waals surface area (Å²) < 4.78 is 1.79. The zero-order chi connectivity index (χ0) is 22.3. The Morgan fingerprint density at radius 1 is 0.969 bits per heavy atom. The van der Waals surface area contributed by atoms with Crippen LogP contribution in [0.1, 0.15) is 28.8 Å². The molecule has 0 unspecified atom stereocenters. The Labute approximate surface area is 186 Å². The van der Waals surface area contributed by atoms with Crippen molar-refractivity contribution in [2.75, 3.05) is 24.5 Å². The van der Waals surface area contributed by atoms with E-state index in [9.17, 15) is 14.4 Å². The average Bonchev–Trinajstić information content (AvgIpc) is 3.50. The number of hydrogen-bond donors (Lipinski definition) is 2. The molecule has 1 aliphatic heterocycles. The molecule has 4 rings (SSSR count). The van der Waals surface area contributed by atoms with Gasteiger partial charge in [0.2, 0.25) is 11.8 Å². The Kier molecular flexibility index (Phi) is 6.60. The lowest BCUT2D eigenvalue weighted by Crippen LogP contribution is -2.37. The van der Waals surface area contributed by atoms with E-state index in [0.717, 1.165) is 23.4 Å². The smallest absolute Gasteiger partial charge is 0.251 e. The number of nitrogens with one attached hydrogen (secondary N) is 2. The highest BCUT2D eigenvalue weighted by Gasteiger charge is 2.21. The second-order valence-electron chi connectivity index (χ2n) is 7.60. The molecule has 2 heterocycles. The Hall–Kier alpha value is -3.94.